The number of aliphatic carboxylic acids is 1. The molecule has 2 amide bonds. The van der Waals surface area contributed by atoms with E-state index in [2.05, 4.69) is 4.28 Å². The fourth-order valence-corrected chi connectivity index (χ4v) is 3.75. The summed E-state index contributed by atoms with van der Waals surface area (Å²) in [6.45, 7) is 2.69. The van der Waals surface area contributed by atoms with Gasteiger partial charge in [-0.25, -0.2) is 0 Å². The molecule has 1 aliphatic heterocycles. The second-order valence-electron chi connectivity index (χ2n) is 7.44. The summed E-state index contributed by atoms with van der Waals surface area (Å²) in [7, 11) is -6.38. The molecule has 1 N–H and O–H groups in total. The van der Waals surface area contributed by atoms with Crippen molar-refractivity contribution in [3.05, 3.63) is 47.0 Å². The zero-order valence-electron chi connectivity index (χ0n) is 17.5. The molecular weight excluding hydrogens is 487 g/mol. The molecule has 0 radical (unpaired) electrons. The van der Waals surface area contributed by atoms with Crippen molar-refractivity contribution in [3.63, 3.8) is 0 Å². The van der Waals surface area contributed by atoms with Gasteiger partial charge in [-0.3, -0.25) is 19.2 Å². The van der Waals surface area contributed by atoms with E-state index in [9.17, 15) is 45.9 Å². The van der Waals surface area contributed by atoms with E-state index in [0.29, 0.717) is 0 Å². The van der Waals surface area contributed by atoms with Gasteiger partial charge in [-0.2, -0.15) is 21.6 Å². The van der Waals surface area contributed by atoms with Gasteiger partial charge >= 0.3 is 27.6 Å². The van der Waals surface area contributed by atoms with Crippen LogP contribution in [0.1, 0.15) is 41.8 Å². The van der Waals surface area contributed by atoms with Gasteiger partial charge in [0.15, 0.2) is 5.92 Å². The molecule has 10 nitrogen and oxygen atoms in total. The van der Waals surface area contributed by atoms with Crippen LogP contribution in [0.25, 0.3) is 11.6 Å². The topological polar surface area (TPSA) is 144 Å². The van der Waals surface area contributed by atoms with E-state index in [-0.39, 0.29) is 23.1 Å². The molecular formula is C20H16F3NO9S. The van der Waals surface area contributed by atoms with Crippen molar-refractivity contribution in [2.45, 2.75) is 31.4 Å². The van der Waals surface area contributed by atoms with E-state index in [4.69, 9.17) is 4.74 Å². The number of hydroxylamine groups is 2. The van der Waals surface area contributed by atoms with Crippen LogP contribution in [0.3, 0.4) is 0 Å². The molecule has 2 unspecified atom stereocenters. The van der Waals surface area contributed by atoms with Gasteiger partial charge in [0.2, 0.25) is 0 Å². The minimum Gasteiger partial charge on any atom is -0.481 e. The third-order valence-corrected chi connectivity index (χ3v) is 5.90. The lowest BCUT2D eigenvalue weighted by Gasteiger charge is -2.29. The van der Waals surface area contributed by atoms with Gasteiger partial charge in [0, 0.05) is 5.56 Å². The van der Waals surface area contributed by atoms with E-state index in [1.54, 1.807) is 0 Å². The summed E-state index contributed by atoms with van der Waals surface area (Å²) in [6.07, 6.45) is 3.49. The summed E-state index contributed by atoms with van der Waals surface area (Å²) in [5.74, 6) is -7.17. The first-order valence-electron chi connectivity index (χ1n) is 9.52. The fraction of sp³-hybridized carbons (Fsp3) is 0.300. The Bertz CT molecular complexity index is 1270. The number of halogens is 3. The van der Waals surface area contributed by atoms with Crippen LogP contribution in [-0.4, -0.2) is 53.4 Å². The smallest absolute Gasteiger partial charge is 0.481 e. The van der Waals surface area contributed by atoms with Crippen LogP contribution in [0.15, 0.2) is 30.4 Å². The van der Waals surface area contributed by atoms with Gasteiger partial charge in [0.1, 0.15) is 5.60 Å². The predicted molar refractivity (Wildman–Crippen MR) is 107 cm³/mol. The molecule has 182 valence electrons. The molecule has 2 atom stereocenters. The fourth-order valence-electron chi connectivity index (χ4n) is 3.33. The molecule has 1 aliphatic carbocycles. The molecule has 0 saturated heterocycles. The number of amides is 2. The summed E-state index contributed by atoms with van der Waals surface area (Å²) in [6, 6.07) is 3.91. The van der Waals surface area contributed by atoms with E-state index in [1.165, 1.54) is 38.1 Å². The Morgan fingerprint density at radius 2 is 1.85 bits per heavy atom. The Balaban J connectivity index is 2.13. The van der Waals surface area contributed by atoms with Gasteiger partial charge < -0.3 is 9.84 Å². The quantitative estimate of drug-likeness (QED) is 0.267. The molecule has 3 rings (SSSR count). The second kappa shape index (κ2) is 8.36. The summed E-state index contributed by atoms with van der Waals surface area (Å²) in [5.41, 5.74) is -8.39. The molecule has 1 heterocycles. The Labute approximate surface area is 190 Å². The summed E-state index contributed by atoms with van der Waals surface area (Å²) < 4.78 is 70.5. The Morgan fingerprint density at radius 3 is 2.41 bits per heavy atom. The number of carbonyl (C=O) groups is 4. The summed E-state index contributed by atoms with van der Waals surface area (Å²) in [5, 5.41) is 8.64. The van der Waals surface area contributed by atoms with Gasteiger partial charge in [0.25, 0.3) is 11.8 Å². The number of carbonyl (C=O) groups excluding carboxylic acids is 3. The highest BCUT2D eigenvalue weighted by molar-refractivity contribution is 7.87. The number of nitrogens with zero attached hydrogens (tertiary/aromatic N) is 1. The lowest BCUT2D eigenvalue weighted by atomic mass is 9.89. The Kier molecular flexibility index (Phi) is 6.17. The van der Waals surface area contributed by atoms with Crippen LogP contribution in [0.4, 0.5) is 13.2 Å². The van der Waals surface area contributed by atoms with Crippen molar-refractivity contribution < 1.29 is 54.9 Å². The zero-order chi connectivity index (χ0) is 25.6. The number of alkyl halides is 3. The highest BCUT2D eigenvalue weighted by Crippen LogP contribution is 2.39. The van der Waals surface area contributed by atoms with Crippen molar-refractivity contribution >= 4 is 45.5 Å². The lowest BCUT2D eigenvalue weighted by Crippen LogP contribution is -2.46. The number of ether oxygens (including phenoxy) is 1. The highest BCUT2D eigenvalue weighted by Gasteiger charge is 2.52. The third-order valence-electron chi connectivity index (χ3n) is 4.99. The minimum atomic E-state index is -6.38. The first-order valence-corrected chi connectivity index (χ1v) is 10.9. The zero-order valence-corrected chi connectivity index (χ0v) is 18.3. The number of carboxylic acids is 1. The number of rotatable bonds is 6. The molecule has 34 heavy (non-hydrogen) atoms. The maximum absolute atomic E-state index is 13.0. The number of imide groups is 1. The van der Waals surface area contributed by atoms with Crippen molar-refractivity contribution in [1.82, 2.24) is 5.06 Å². The van der Waals surface area contributed by atoms with Crippen molar-refractivity contribution in [1.29, 1.82) is 0 Å². The predicted octanol–water partition coefficient (Wildman–Crippen LogP) is 2.27. The Morgan fingerprint density at radius 1 is 1.21 bits per heavy atom. The summed E-state index contributed by atoms with van der Waals surface area (Å²) >= 11 is 0. The van der Waals surface area contributed by atoms with Gasteiger partial charge in [-0.1, -0.05) is 25.1 Å². The van der Waals surface area contributed by atoms with Gasteiger partial charge in [-0.05, 0) is 37.1 Å². The molecule has 0 spiro atoms. The lowest BCUT2D eigenvalue weighted by molar-refractivity contribution is -0.163. The largest absolute Gasteiger partial charge is 0.525 e. The molecule has 1 aromatic rings. The number of hydrogen-bond acceptors (Lipinski definition) is 8. The molecule has 0 aromatic heterocycles. The van der Waals surface area contributed by atoms with Crippen LogP contribution >= 0.6 is 0 Å². The SMILES string of the molecule is CCC(C(=O)O)C(=O)OC1(C)C=Cc2cccc3c2C(=C1)C(=O)N(OS(=O)(=O)C(F)(F)F)C3=O. The molecule has 0 bridgehead atoms. The molecule has 1 aromatic carbocycles. The maximum Gasteiger partial charge on any atom is 0.525 e. The normalized spacial score (nSPS) is 20.9. The summed E-state index contributed by atoms with van der Waals surface area (Å²) in [4.78, 5) is 49.3. The van der Waals surface area contributed by atoms with Crippen LogP contribution in [0, 0.1) is 5.92 Å². The average molecular weight is 503 g/mol. The maximum atomic E-state index is 13.0. The first-order chi connectivity index (χ1) is 15.6. The number of hydrogen-bond donors (Lipinski definition) is 1. The monoisotopic (exact) mass is 503 g/mol. The number of esters is 1. The minimum absolute atomic E-state index is 0.0527. The second-order valence-corrected chi connectivity index (χ2v) is 8.96. The molecule has 14 heteroatoms. The first kappa shape index (κ1) is 25.1. The molecule has 0 fully saturated rings. The van der Waals surface area contributed by atoms with Crippen molar-refractivity contribution in [2.75, 3.05) is 0 Å². The van der Waals surface area contributed by atoms with E-state index in [1.807, 2.05) is 0 Å². The van der Waals surface area contributed by atoms with Gasteiger partial charge in [-0.15, -0.1) is 9.35 Å². The standard InChI is InChI=1S/C20H16F3NO9S/c1-3-11(17(27)28)18(29)32-19(2)8-7-10-5-4-6-12-14(10)13(9-19)16(26)24(15(12)25)33-34(30,31)20(21,22)23/h4-9,11H,3H2,1-2H3,(H,27,28). The van der Waals surface area contributed by atoms with E-state index >= 15 is 0 Å². The third kappa shape index (κ3) is 4.33. The Hall–Kier alpha value is -3.52. The average Bonchev–Trinajstić information content (AvgIpc) is 2.86. The highest BCUT2D eigenvalue weighted by atomic mass is 32.2. The van der Waals surface area contributed by atoms with E-state index < -0.39 is 61.5 Å². The molecule has 0 saturated carbocycles. The van der Waals surface area contributed by atoms with Crippen LogP contribution in [0.2, 0.25) is 0 Å². The number of benzene rings is 1. The van der Waals surface area contributed by atoms with Crippen LogP contribution in [-0.2, 0) is 33.5 Å². The van der Waals surface area contributed by atoms with Crippen LogP contribution in [0.5, 0.6) is 0 Å². The number of carboxylic acid groups (broad SMARTS) is 1. The van der Waals surface area contributed by atoms with Gasteiger partial charge in [0.05, 0.1) is 11.1 Å². The van der Waals surface area contributed by atoms with Crippen molar-refractivity contribution in [3.8, 4) is 0 Å². The van der Waals surface area contributed by atoms with Crippen LogP contribution < -0.4 is 0 Å². The van der Waals surface area contributed by atoms with E-state index in [0.717, 1.165) is 12.1 Å². The van der Waals surface area contributed by atoms with Crippen molar-refractivity contribution in [2.24, 2.45) is 5.92 Å². The molecule has 2 aliphatic rings.